The molecule has 3 rings (SSSR count). The fourth-order valence-electron chi connectivity index (χ4n) is 2.18. The molecule has 0 radical (unpaired) electrons. The summed E-state index contributed by atoms with van der Waals surface area (Å²) in [6.45, 7) is 1.92. The summed E-state index contributed by atoms with van der Waals surface area (Å²) in [5.41, 5.74) is 0.474. The highest BCUT2D eigenvalue weighted by Gasteiger charge is 2.33. The van der Waals surface area contributed by atoms with E-state index in [4.69, 9.17) is 0 Å². The number of hydrogen-bond donors (Lipinski definition) is 0. The van der Waals surface area contributed by atoms with Gasteiger partial charge in [-0.2, -0.15) is 13.2 Å². The van der Waals surface area contributed by atoms with E-state index in [-0.39, 0.29) is 0 Å². The molecule has 3 aromatic rings. The SMILES string of the molecule is Cc1cccc2c1sc1c(C(F)(F)F)cccc12. The molecule has 0 nitrogen and oxygen atoms in total. The minimum Gasteiger partial charge on any atom is -0.166 e. The zero-order valence-electron chi connectivity index (χ0n) is 9.51. The zero-order valence-corrected chi connectivity index (χ0v) is 10.3. The number of halogens is 3. The smallest absolute Gasteiger partial charge is 0.166 e. The van der Waals surface area contributed by atoms with Crippen molar-refractivity contribution >= 4 is 31.5 Å². The fourth-order valence-corrected chi connectivity index (χ4v) is 3.49. The number of fused-ring (bicyclic) bond motifs is 3. The van der Waals surface area contributed by atoms with E-state index in [9.17, 15) is 13.2 Å². The van der Waals surface area contributed by atoms with Gasteiger partial charge in [0.1, 0.15) is 0 Å². The Labute approximate surface area is 106 Å². The molecule has 2 aromatic carbocycles. The van der Waals surface area contributed by atoms with Gasteiger partial charge < -0.3 is 0 Å². The average molecular weight is 266 g/mol. The van der Waals surface area contributed by atoms with Crippen LogP contribution in [0.3, 0.4) is 0 Å². The van der Waals surface area contributed by atoms with Gasteiger partial charge in [0.2, 0.25) is 0 Å². The van der Waals surface area contributed by atoms with Crippen LogP contribution in [-0.2, 0) is 6.18 Å². The van der Waals surface area contributed by atoms with Crippen LogP contribution in [0.5, 0.6) is 0 Å². The molecule has 0 aliphatic carbocycles. The van der Waals surface area contributed by atoms with Crippen LogP contribution in [0.2, 0.25) is 0 Å². The number of thiophene rings is 1. The molecule has 0 atom stereocenters. The summed E-state index contributed by atoms with van der Waals surface area (Å²) in [5, 5.41) is 1.59. The van der Waals surface area contributed by atoms with Gasteiger partial charge in [0.25, 0.3) is 0 Å². The number of hydrogen-bond acceptors (Lipinski definition) is 1. The van der Waals surface area contributed by atoms with Crippen molar-refractivity contribution in [2.24, 2.45) is 0 Å². The Morgan fingerprint density at radius 1 is 0.889 bits per heavy atom. The Bertz CT molecular complexity index is 738. The third-order valence-corrected chi connectivity index (χ3v) is 4.42. The molecule has 0 aliphatic rings. The van der Waals surface area contributed by atoms with Crippen LogP contribution >= 0.6 is 11.3 Å². The normalized spacial score (nSPS) is 12.4. The Morgan fingerprint density at radius 3 is 2.17 bits per heavy atom. The van der Waals surface area contributed by atoms with Gasteiger partial charge in [-0.25, -0.2) is 0 Å². The third kappa shape index (κ3) is 1.60. The molecule has 0 N–H and O–H groups in total. The molecular formula is C14H9F3S. The molecule has 0 unspecified atom stereocenters. The maximum absolute atomic E-state index is 13.0. The van der Waals surface area contributed by atoms with Gasteiger partial charge in [-0.3, -0.25) is 0 Å². The van der Waals surface area contributed by atoms with Gasteiger partial charge >= 0.3 is 6.18 Å². The van der Waals surface area contributed by atoms with E-state index in [1.165, 1.54) is 17.4 Å². The zero-order chi connectivity index (χ0) is 12.9. The van der Waals surface area contributed by atoms with E-state index in [1.54, 1.807) is 6.07 Å². The molecule has 4 heteroatoms. The maximum Gasteiger partial charge on any atom is 0.417 e. The molecule has 0 saturated carbocycles. The summed E-state index contributed by atoms with van der Waals surface area (Å²) in [5.74, 6) is 0. The van der Waals surface area contributed by atoms with E-state index < -0.39 is 11.7 Å². The van der Waals surface area contributed by atoms with Crippen molar-refractivity contribution in [2.75, 3.05) is 0 Å². The summed E-state index contributed by atoms with van der Waals surface area (Å²) >= 11 is 1.22. The Hall–Kier alpha value is -1.55. The van der Waals surface area contributed by atoms with Crippen molar-refractivity contribution < 1.29 is 13.2 Å². The number of rotatable bonds is 0. The predicted octanol–water partition coefficient (Wildman–Crippen LogP) is 5.38. The van der Waals surface area contributed by atoms with E-state index in [1.807, 2.05) is 25.1 Å². The molecule has 18 heavy (non-hydrogen) atoms. The molecule has 92 valence electrons. The average Bonchev–Trinajstić information content (AvgIpc) is 2.68. The first-order chi connectivity index (χ1) is 8.48. The van der Waals surface area contributed by atoms with Gasteiger partial charge in [0.05, 0.1) is 5.56 Å². The third-order valence-electron chi connectivity index (χ3n) is 3.03. The molecular weight excluding hydrogens is 257 g/mol. The topological polar surface area (TPSA) is 0 Å². The van der Waals surface area contributed by atoms with Gasteiger partial charge in [-0.15, -0.1) is 11.3 Å². The molecule has 0 spiro atoms. The number of alkyl halides is 3. The minimum atomic E-state index is -4.30. The van der Waals surface area contributed by atoms with Crippen molar-refractivity contribution in [2.45, 2.75) is 13.1 Å². The van der Waals surface area contributed by atoms with Gasteiger partial charge in [-0.1, -0.05) is 30.3 Å². The fraction of sp³-hybridized carbons (Fsp3) is 0.143. The van der Waals surface area contributed by atoms with Crippen LogP contribution in [0.4, 0.5) is 13.2 Å². The van der Waals surface area contributed by atoms with Crippen LogP contribution in [0, 0.1) is 6.92 Å². The van der Waals surface area contributed by atoms with E-state index in [2.05, 4.69) is 0 Å². The lowest BCUT2D eigenvalue weighted by molar-refractivity contribution is -0.136. The minimum absolute atomic E-state index is 0.328. The molecule has 1 heterocycles. The first-order valence-electron chi connectivity index (χ1n) is 5.46. The van der Waals surface area contributed by atoms with Gasteiger partial charge in [0.15, 0.2) is 0 Å². The Kier molecular flexibility index (Phi) is 2.38. The summed E-state index contributed by atoms with van der Waals surface area (Å²) < 4.78 is 40.1. The Morgan fingerprint density at radius 2 is 1.50 bits per heavy atom. The van der Waals surface area contributed by atoms with E-state index in [0.717, 1.165) is 21.7 Å². The second-order valence-corrected chi connectivity index (χ2v) is 5.25. The van der Waals surface area contributed by atoms with Crippen molar-refractivity contribution in [1.29, 1.82) is 0 Å². The second kappa shape index (κ2) is 3.72. The maximum atomic E-state index is 13.0. The molecule has 0 amide bonds. The van der Waals surface area contributed by atoms with Crippen molar-refractivity contribution in [3.05, 3.63) is 47.5 Å². The van der Waals surface area contributed by atoms with Crippen LogP contribution in [0.15, 0.2) is 36.4 Å². The van der Waals surface area contributed by atoms with Crippen LogP contribution in [0.1, 0.15) is 11.1 Å². The van der Waals surface area contributed by atoms with Crippen LogP contribution in [0.25, 0.3) is 20.2 Å². The molecule has 0 saturated heterocycles. The first kappa shape index (κ1) is 11.5. The number of benzene rings is 2. The van der Waals surface area contributed by atoms with Crippen LogP contribution < -0.4 is 0 Å². The molecule has 1 aromatic heterocycles. The van der Waals surface area contributed by atoms with E-state index >= 15 is 0 Å². The summed E-state index contributed by atoms with van der Waals surface area (Å²) in [4.78, 5) is 0. The molecule has 0 aliphatic heterocycles. The van der Waals surface area contributed by atoms with Gasteiger partial charge in [0, 0.05) is 20.2 Å². The lowest BCUT2D eigenvalue weighted by Crippen LogP contribution is -2.04. The van der Waals surface area contributed by atoms with Crippen molar-refractivity contribution in [3.8, 4) is 0 Å². The number of aryl methyl sites for hydroxylation is 1. The lowest BCUT2D eigenvalue weighted by Gasteiger charge is -2.06. The monoisotopic (exact) mass is 266 g/mol. The Balaban J connectivity index is 2.50. The largest absolute Gasteiger partial charge is 0.417 e. The second-order valence-electron chi connectivity index (χ2n) is 4.23. The first-order valence-corrected chi connectivity index (χ1v) is 6.28. The predicted molar refractivity (Wildman–Crippen MR) is 69.1 cm³/mol. The molecule has 0 fully saturated rings. The summed E-state index contributed by atoms with van der Waals surface area (Å²) in [6.07, 6.45) is -4.30. The summed E-state index contributed by atoms with van der Waals surface area (Å²) in [7, 11) is 0. The molecule has 0 bridgehead atoms. The highest BCUT2D eigenvalue weighted by molar-refractivity contribution is 7.26. The highest BCUT2D eigenvalue weighted by Crippen LogP contribution is 2.42. The van der Waals surface area contributed by atoms with E-state index in [0.29, 0.717) is 10.1 Å². The highest BCUT2D eigenvalue weighted by atomic mass is 32.1. The van der Waals surface area contributed by atoms with Crippen molar-refractivity contribution in [3.63, 3.8) is 0 Å². The van der Waals surface area contributed by atoms with Crippen LogP contribution in [-0.4, -0.2) is 0 Å². The lowest BCUT2D eigenvalue weighted by atomic mass is 10.1. The van der Waals surface area contributed by atoms with Gasteiger partial charge in [-0.05, 0) is 18.6 Å². The summed E-state index contributed by atoms with van der Waals surface area (Å²) in [6, 6.07) is 10.0. The quantitative estimate of drug-likeness (QED) is 0.512. The standard InChI is InChI=1S/C14H9F3S/c1-8-4-2-5-9-10-6-3-7-11(14(15,16)17)13(10)18-12(8)9/h2-7H,1H3. The van der Waals surface area contributed by atoms with Crippen molar-refractivity contribution in [1.82, 2.24) is 0 Å².